The quantitative estimate of drug-likeness (QED) is 0.524. The fourth-order valence-corrected chi connectivity index (χ4v) is 2.98. The van der Waals surface area contributed by atoms with Gasteiger partial charge in [0.1, 0.15) is 5.56 Å². The van der Waals surface area contributed by atoms with E-state index in [1.54, 1.807) is 12.1 Å². The number of amides is 1. The summed E-state index contributed by atoms with van der Waals surface area (Å²) in [5.41, 5.74) is 3.36. The fourth-order valence-electron chi connectivity index (χ4n) is 2.82. The van der Waals surface area contributed by atoms with Crippen molar-refractivity contribution in [3.63, 3.8) is 0 Å². The molecule has 0 bridgehead atoms. The van der Waals surface area contributed by atoms with Crippen LogP contribution < -0.4 is 5.32 Å². The Labute approximate surface area is 155 Å². The molecule has 0 aliphatic rings. The van der Waals surface area contributed by atoms with Gasteiger partial charge in [-0.1, -0.05) is 11.6 Å². The van der Waals surface area contributed by atoms with Gasteiger partial charge >= 0.3 is 0 Å². The van der Waals surface area contributed by atoms with E-state index in [0.29, 0.717) is 5.69 Å². The topological polar surface area (TPSA) is 77.2 Å². The monoisotopic (exact) mass is 369 g/mol. The van der Waals surface area contributed by atoms with Crippen molar-refractivity contribution in [1.29, 1.82) is 0 Å². The summed E-state index contributed by atoms with van der Waals surface area (Å²) in [4.78, 5) is 22.9. The second-order valence-corrected chi connectivity index (χ2v) is 6.31. The van der Waals surface area contributed by atoms with Gasteiger partial charge in [-0.25, -0.2) is 0 Å². The van der Waals surface area contributed by atoms with Crippen LogP contribution in [0.2, 0.25) is 5.02 Å². The zero-order valence-electron chi connectivity index (χ0n) is 14.2. The molecule has 3 aromatic rings. The van der Waals surface area contributed by atoms with Crippen molar-refractivity contribution in [3.05, 3.63) is 86.7 Å². The smallest absolute Gasteiger partial charge is 0.283 e. The van der Waals surface area contributed by atoms with Gasteiger partial charge in [0.05, 0.1) is 4.92 Å². The number of carbonyl (C=O) groups is 1. The predicted octanol–water partition coefficient (Wildman–Crippen LogP) is 4.91. The molecule has 1 heterocycles. The number of rotatable bonds is 4. The fraction of sp³-hybridized carbons (Fsp3) is 0.105. The lowest BCUT2D eigenvalue weighted by Crippen LogP contribution is -2.14. The summed E-state index contributed by atoms with van der Waals surface area (Å²) in [5.74, 6) is -0.561. The van der Waals surface area contributed by atoms with Gasteiger partial charge in [0.15, 0.2) is 0 Å². The van der Waals surface area contributed by atoms with Crippen molar-refractivity contribution >= 4 is 28.9 Å². The Morgan fingerprint density at radius 2 is 1.65 bits per heavy atom. The van der Waals surface area contributed by atoms with Gasteiger partial charge in [-0.15, -0.1) is 0 Å². The average molecular weight is 370 g/mol. The summed E-state index contributed by atoms with van der Waals surface area (Å²) in [7, 11) is 0. The minimum Gasteiger partial charge on any atom is -0.322 e. The second kappa shape index (κ2) is 7.01. The molecule has 0 atom stereocenters. The van der Waals surface area contributed by atoms with E-state index in [9.17, 15) is 14.9 Å². The number of benzene rings is 2. The van der Waals surface area contributed by atoms with Gasteiger partial charge in [-0.05, 0) is 62.4 Å². The summed E-state index contributed by atoms with van der Waals surface area (Å²) in [5, 5.41) is 14.0. The summed E-state index contributed by atoms with van der Waals surface area (Å²) >= 11 is 5.78. The van der Waals surface area contributed by atoms with Gasteiger partial charge in [0.25, 0.3) is 11.6 Å². The lowest BCUT2D eigenvalue weighted by atomic mass is 10.1. The number of hydrogen-bond donors (Lipinski definition) is 1. The van der Waals surface area contributed by atoms with E-state index < -0.39 is 10.8 Å². The molecule has 2 aromatic carbocycles. The third-order valence-corrected chi connectivity index (χ3v) is 4.29. The van der Waals surface area contributed by atoms with Crippen LogP contribution in [0.4, 0.5) is 11.4 Å². The summed E-state index contributed by atoms with van der Waals surface area (Å²) < 4.78 is 2.09. The molecule has 7 heteroatoms. The molecule has 1 N–H and O–H groups in total. The third-order valence-electron chi connectivity index (χ3n) is 4.06. The van der Waals surface area contributed by atoms with E-state index in [0.717, 1.165) is 23.1 Å². The van der Waals surface area contributed by atoms with Crippen molar-refractivity contribution in [2.45, 2.75) is 13.8 Å². The maximum Gasteiger partial charge on any atom is 0.283 e. The number of hydrogen-bond acceptors (Lipinski definition) is 3. The molecule has 26 heavy (non-hydrogen) atoms. The third kappa shape index (κ3) is 3.45. The lowest BCUT2D eigenvalue weighted by Gasteiger charge is -2.11. The number of nitrogens with one attached hydrogen (secondary N) is 1. The standard InChI is InChI=1S/C19H16ClN3O3/c1-12-3-4-13(2)22(12)16-8-6-15(7-9-16)21-19(24)17-10-5-14(20)11-18(17)23(25)26/h3-11H,1-2H3,(H,21,24). The van der Waals surface area contributed by atoms with Crippen LogP contribution >= 0.6 is 11.6 Å². The lowest BCUT2D eigenvalue weighted by molar-refractivity contribution is -0.385. The first-order chi connectivity index (χ1) is 12.4. The summed E-state index contributed by atoms with van der Waals surface area (Å²) in [6.07, 6.45) is 0. The Morgan fingerprint density at radius 1 is 1.04 bits per heavy atom. The first kappa shape index (κ1) is 17.7. The van der Waals surface area contributed by atoms with Crippen LogP contribution in [0.3, 0.4) is 0 Å². The van der Waals surface area contributed by atoms with E-state index in [4.69, 9.17) is 11.6 Å². The highest BCUT2D eigenvalue weighted by Crippen LogP contribution is 2.25. The Hall–Kier alpha value is -3.12. The van der Waals surface area contributed by atoms with Crippen LogP contribution in [0.1, 0.15) is 21.7 Å². The largest absolute Gasteiger partial charge is 0.322 e. The maximum atomic E-state index is 12.4. The molecule has 1 amide bonds. The molecule has 0 aliphatic carbocycles. The Bertz CT molecular complexity index is 974. The van der Waals surface area contributed by atoms with Crippen molar-refractivity contribution in [1.82, 2.24) is 4.57 Å². The van der Waals surface area contributed by atoms with Crippen LogP contribution in [0.15, 0.2) is 54.6 Å². The number of aryl methyl sites for hydroxylation is 2. The van der Waals surface area contributed by atoms with Gasteiger partial charge in [-0.2, -0.15) is 0 Å². The maximum absolute atomic E-state index is 12.4. The molecule has 0 saturated carbocycles. The molecule has 1 aromatic heterocycles. The number of nitro groups is 1. The zero-order chi connectivity index (χ0) is 18.8. The Morgan fingerprint density at radius 3 is 2.23 bits per heavy atom. The van der Waals surface area contributed by atoms with Crippen LogP contribution in [0.25, 0.3) is 5.69 Å². The number of nitro benzene ring substituents is 1. The highest BCUT2D eigenvalue weighted by atomic mass is 35.5. The van der Waals surface area contributed by atoms with Crippen molar-refractivity contribution in [2.24, 2.45) is 0 Å². The molecule has 3 rings (SSSR count). The van der Waals surface area contributed by atoms with E-state index in [-0.39, 0.29) is 16.3 Å². The van der Waals surface area contributed by atoms with Crippen molar-refractivity contribution in [3.8, 4) is 5.69 Å². The minimum atomic E-state index is -0.624. The molecular weight excluding hydrogens is 354 g/mol. The van der Waals surface area contributed by atoms with Gasteiger partial charge in [0.2, 0.25) is 0 Å². The van der Waals surface area contributed by atoms with E-state index in [1.807, 2.05) is 38.1 Å². The highest BCUT2D eigenvalue weighted by molar-refractivity contribution is 6.31. The number of aromatic nitrogens is 1. The van der Waals surface area contributed by atoms with Crippen LogP contribution in [-0.4, -0.2) is 15.4 Å². The molecule has 0 radical (unpaired) electrons. The molecule has 0 unspecified atom stereocenters. The van der Waals surface area contributed by atoms with Gasteiger partial charge in [0, 0.05) is 33.9 Å². The average Bonchev–Trinajstić information content (AvgIpc) is 2.94. The normalized spacial score (nSPS) is 10.6. The van der Waals surface area contributed by atoms with E-state index in [1.165, 1.54) is 12.1 Å². The predicted molar refractivity (Wildman–Crippen MR) is 101 cm³/mol. The van der Waals surface area contributed by atoms with Crippen LogP contribution in [-0.2, 0) is 0 Å². The minimum absolute atomic E-state index is 0.0411. The Kier molecular flexibility index (Phi) is 4.77. The van der Waals surface area contributed by atoms with Crippen LogP contribution in [0.5, 0.6) is 0 Å². The first-order valence-corrected chi connectivity index (χ1v) is 8.25. The van der Waals surface area contributed by atoms with Crippen LogP contribution in [0, 0.1) is 24.0 Å². The molecule has 0 fully saturated rings. The van der Waals surface area contributed by atoms with Crippen molar-refractivity contribution in [2.75, 3.05) is 5.32 Å². The molecule has 0 saturated heterocycles. The second-order valence-electron chi connectivity index (χ2n) is 5.87. The SMILES string of the molecule is Cc1ccc(C)n1-c1ccc(NC(=O)c2ccc(Cl)cc2[N+](=O)[O-])cc1. The van der Waals surface area contributed by atoms with E-state index >= 15 is 0 Å². The highest BCUT2D eigenvalue weighted by Gasteiger charge is 2.20. The number of carbonyl (C=O) groups excluding carboxylic acids is 1. The Balaban J connectivity index is 1.84. The molecule has 6 nitrogen and oxygen atoms in total. The van der Waals surface area contributed by atoms with Gasteiger partial charge < -0.3 is 9.88 Å². The van der Waals surface area contributed by atoms with Gasteiger partial charge in [-0.3, -0.25) is 14.9 Å². The molecule has 0 aliphatic heterocycles. The molecule has 132 valence electrons. The number of anilines is 1. The number of nitrogens with zero attached hydrogens (tertiary/aromatic N) is 2. The zero-order valence-corrected chi connectivity index (χ0v) is 14.9. The molecular formula is C19H16ClN3O3. The number of halogens is 1. The first-order valence-electron chi connectivity index (χ1n) is 7.87. The van der Waals surface area contributed by atoms with Crippen molar-refractivity contribution < 1.29 is 9.72 Å². The molecule has 0 spiro atoms. The summed E-state index contributed by atoms with van der Waals surface area (Å²) in [6, 6.07) is 15.3. The summed E-state index contributed by atoms with van der Waals surface area (Å²) in [6.45, 7) is 4.03. The van der Waals surface area contributed by atoms with E-state index in [2.05, 4.69) is 9.88 Å².